The molecule has 37 heavy (non-hydrogen) atoms. The number of carbonyl (C=O) groups excluding carboxylic acids is 3. The van der Waals surface area contributed by atoms with Crippen molar-refractivity contribution >= 4 is 17.8 Å². The van der Waals surface area contributed by atoms with Gasteiger partial charge >= 0.3 is 11.9 Å². The molecule has 0 spiro atoms. The van der Waals surface area contributed by atoms with E-state index in [0.717, 1.165) is 11.1 Å². The average molecular weight is 505 g/mol. The number of likely N-dealkylation sites (N-methyl/N-ethyl adjacent to an activating group) is 1. The molecule has 0 saturated carbocycles. The van der Waals surface area contributed by atoms with Crippen LogP contribution in [0.15, 0.2) is 83.2 Å². The van der Waals surface area contributed by atoms with Crippen LogP contribution in [0, 0.1) is 5.92 Å². The van der Waals surface area contributed by atoms with Crippen LogP contribution in [-0.2, 0) is 37.1 Å². The second kappa shape index (κ2) is 12.4. The number of benzene rings is 2. The van der Waals surface area contributed by atoms with Crippen molar-refractivity contribution in [3.8, 4) is 0 Å². The Balaban J connectivity index is 1.91. The number of ether oxygens (including phenoxy) is 2. The van der Waals surface area contributed by atoms with Gasteiger partial charge in [-0.25, -0.2) is 9.59 Å². The Kier molecular flexibility index (Phi) is 9.28. The van der Waals surface area contributed by atoms with Crippen molar-refractivity contribution in [1.29, 1.82) is 0 Å². The molecule has 1 heterocycles. The summed E-state index contributed by atoms with van der Waals surface area (Å²) in [5.74, 6) is -1.74. The van der Waals surface area contributed by atoms with Gasteiger partial charge in [-0.2, -0.15) is 0 Å². The molecule has 0 unspecified atom stereocenters. The first kappa shape index (κ1) is 27.7. The molecule has 0 bridgehead atoms. The molecule has 0 radical (unpaired) electrons. The van der Waals surface area contributed by atoms with Gasteiger partial charge < -0.3 is 19.3 Å². The zero-order chi connectivity index (χ0) is 27.1. The first-order valence-corrected chi connectivity index (χ1v) is 12.5. The van der Waals surface area contributed by atoms with Crippen molar-refractivity contribution in [2.45, 2.75) is 53.9 Å². The summed E-state index contributed by atoms with van der Waals surface area (Å²) in [6.07, 6.45) is 0. The maximum Gasteiger partial charge on any atom is 0.336 e. The van der Waals surface area contributed by atoms with Crippen molar-refractivity contribution < 1.29 is 23.9 Å². The monoisotopic (exact) mass is 504 g/mol. The SMILES string of the molecule is CC1=C(C(=O)OCc2ccccc2)C(C)C(C(=O)OCc2ccccc2)=C(C)N1CC(=O)N(C)C(C)C. The summed E-state index contributed by atoms with van der Waals surface area (Å²) in [5.41, 5.74) is 3.58. The molecule has 0 fully saturated rings. The van der Waals surface area contributed by atoms with Crippen LogP contribution in [0.2, 0.25) is 0 Å². The van der Waals surface area contributed by atoms with E-state index >= 15 is 0 Å². The zero-order valence-corrected chi connectivity index (χ0v) is 22.5. The van der Waals surface area contributed by atoms with E-state index in [-0.39, 0.29) is 31.7 Å². The summed E-state index contributed by atoms with van der Waals surface area (Å²) in [6, 6.07) is 18.8. The summed E-state index contributed by atoms with van der Waals surface area (Å²) >= 11 is 0. The highest BCUT2D eigenvalue weighted by molar-refractivity contribution is 5.98. The molecular formula is C30H36N2O5. The van der Waals surface area contributed by atoms with Gasteiger partial charge in [0.2, 0.25) is 5.91 Å². The number of esters is 2. The van der Waals surface area contributed by atoms with E-state index in [9.17, 15) is 14.4 Å². The highest BCUT2D eigenvalue weighted by Crippen LogP contribution is 2.36. The van der Waals surface area contributed by atoms with E-state index in [1.807, 2.05) is 74.5 Å². The quantitative estimate of drug-likeness (QED) is 0.455. The summed E-state index contributed by atoms with van der Waals surface area (Å²) in [6.45, 7) is 9.43. The third-order valence-electron chi connectivity index (χ3n) is 6.78. The van der Waals surface area contributed by atoms with Crippen molar-refractivity contribution in [2.24, 2.45) is 5.92 Å². The molecule has 7 heteroatoms. The summed E-state index contributed by atoms with van der Waals surface area (Å²) in [7, 11) is 1.74. The minimum Gasteiger partial charge on any atom is -0.457 e. The van der Waals surface area contributed by atoms with Crippen LogP contribution in [0.25, 0.3) is 0 Å². The van der Waals surface area contributed by atoms with E-state index in [1.54, 1.807) is 37.6 Å². The topological polar surface area (TPSA) is 76.2 Å². The fourth-order valence-corrected chi connectivity index (χ4v) is 4.34. The van der Waals surface area contributed by atoms with Crippen LogP contribution in [0.3, 0.4) is 0 Å². The number of hydrogen-bond acceptors (Lipinski definition) is 6. The molecule has 196 valence electrons. The van der Waals surface area contributed by atoms with Gasteiger partial charge in [-0.15, -0.1) is 0 Å². The molecule has 2 aromatic rings. The predicted molar refractivity (Wildman–Crippen MR) is 142 cm³/mol. The number of allylic oxidation sites excluding steroid dienone is 2. The molecule has 7 nitrogen and oxygen atoms in total. The van der Waals surface area contributed by atoms with Gasteiger partial charge in [0.1, 0.15) is 19.8 Å². The molecule has 1 amide bonds. The fraction of sp³-hybridized carbons (Fsp3) is 0.367. The van der Waals surface area contributed by atoms with Gasteiger partial charge in [-0.3, -0.25) is 4.79 Å². The first-order chi connectivity index (χ1) is 17.6. The number of hydrogen-bond donors (Lipinski definition) is 0. The van der Waals surface area contributed by atoms with Crippen LogP contribution in [-0.4, -0.2) is 47.3 Å². The van der Waals surface area contributed by atoms with E-state index in [2.05, 4.69) is 0 Å². The maximum absolute atomic E-state index is 13.3. The summed E-state index contributed by atoms with van der Waals surface area (Å²) in [5, 5.41) is 0. The fourth-order valence-electron chi connectivity index (χ4n) is 4.34. The Hall–Kier alpha value is -3.87. The number of rotatable bonds is 9. The van der Waals surface area contributed by atoms with E-state index in [4.69, 9.17) is 9.47 Å². The number of amides is 1. The third-order valence-corrected chi connectivity index (χ3v) is 6.78. The first-order valence-electron chi connectivity index (χ1n) is 12.5. The maximum atomic E-state index is 13.3. The zero-order valence-electron chi connectivity index (χ0n) is 22.5. The lowest BCUT2D eigenvalue weighted by Crippen LogP contribution is -2.43. The van der Waals surface area contributed by atoms with Gasteiger partial charge in [-0.05, 0) is 38.8 Å². The molecule has 0 aliphatic carbocycles. The number of carbonyl (C=O) groups is 3. The average Bonchev–Trinajstić information content (AvgIpc) is 2.89. The van der Waals surface area contributed by atoms with Crippen molar-refractivity contribution in [1.82, 2.24) is 9.80 Å². The Morgan fingerprint density at radius 2 is 1.22 bits per heavy atom. The lowest BCUT2D eigenvalue weighted by Gasteiger charge is -2.37. The molecule has 2 aromatic carbocycles. The summed E-state index contributed by atoms with van der Waals surface area (Å²) < 4.78 is 11.3. The van der Waals surface area contributed by atoms with E-state index in [0.29, 0.717) is 22.5 Å². The van der Waals surface area contributed by atoms with Gasteiger partial charge in [-0.1, -0.05) is 67.6 Å². The van der Waals surface area contributed by atoms with E-state index < -0.39 is 17.9 Å². The minimum atomic E-state index is -0.569. The molecule has 0 atom stereocenters. The van der Waals surface area contributed by atoms with Gasteiger partial charge in [0.05, 0.1) is 11.1 Å². The molecule has 1 aliphatic heterocycles. The molecule has 0 saturated heterocycles. The molecule has 0 N–H and O–H groups in total. The lowest BCUT2D eigenvalue weighted by atomic mass is 9.86. The van der Waals surface area contributed by atoms with Crippen LogP contribution >= 0.6 is 0 Å². The normalized spacial score (nSPS) is 14.2. The minimum absolute atomic E-state index is 0.00963. The van der Waals surface area contributed by atoms with Crippen LogP contribution in [0.1, 0.15) is 45.7 Å². The number of nitrogens with zero attached hydrogens (tertiary/aromatic N) is 2. The molecule has 0 aromatic heterocycles. The highest BCUT2D eigenvalue weighted by Gasteiger charge is 2.38. The van der Waals surface area contributed by atoms with Crippen LogP contribution in [0.5, 0.6) is 0 Å². The van der Waals surface area contributed by atoms with Gasteiger partial charge in [0.25, 0.3) is 0 Å². The second-order valence-electron chi connectivity index (χ2n) is 9.53. The van der Waals surface area contributed by atoms with E-state index in [1.165, 1.54) is 0 Å². The molecule has 3 rings (SSSR count). The smallest absolute Gasteiger partial charge is 0.336 e. The Morgan fingerprint density at radius 1 is 0.811 bits per heavy atom. The Labute approximate surface area is 219 Å². The predicted octanol–water partition coefficient (Wildman–Crippen LogP) is 4.84. The molecule has 1 aliphatic rings. The van der Waals surface area contributed by atoms with Gasteiger partial charge in [0, 0.05) is 30.4 Å². The van der Waals surface area contributed by atoms with Crippen LogP contribution in [0.4, 0.5) is 0 Å². The van der Waals surface area contributed by atoms with Crippen molar-refractivity contribution in [3.05, 3.63) is 94.3 Å². The summed E-state index contributed by atoms with van der Waals surface area (Å²) in [4.78, 5) is 43.1. The Bertz CT molecular complexity index is 1110. The van der Waals surface area contributed by atoms with Crippen molar-refractivity contribution in [2.75, 3.05) is 13.6 Å². The standard InChI is InChI=1S/C30H36N2O5/c1-20(2)31(6)26(33)17-32-22(4)27(29(34)36-18-24-13-9-7-10-14-24)21(3)28(23(32)5)30(35)37-19-25-15-11-8-12-16-25/h7-16,20-21H,17-19H2,1-6H3. The lowest BCUT2D eigenvalue weighted by molar-refractivity contribution is -0.142. The largest absolute Gasteiger partial charge is 0.457 e. The van der Waals surface area contributed by atoms with Gasteiger partial charge in [0.15, 0.2) is 0 Å². The second-order valence-corrected chi connectivity index (χ2v) is 9.53. The molecular weight excluding hydrogens is 468 g/mol. The van der Waals surface area contributed by atoms with Crippen molar-refractivity contribution in [3.63, 3.8) is 0 Å². The van der Waals surface area contributed by atoms with Crippen LogP contribution < -0.4 is 0 Å². The highest BCUT2D eigenvalue weighted by atomic mass is 16.5. The Morgan fingerprint density at radius 3 is 1.59 bits per heavy atom. The third kappa shape index (κ3) is 6.67.